The van der Waals surface area contributed by atoms with Crippen LogP contribution in [0.15, 0.2) is 36.4 Å². The Kier molecular flexibility index (Phi) is 9.75. The molecule has 0 heterocycles. The van der Waals surface area contributed by atoms with Crippen LogP contribution in [0, 0.1) is 13.0 Å². The first kappa shape index (κ1) is 17.6. The third kappa shape index (κ3) is 4.68. The van der Waals surface area contributed by atoms with E-state index in [0.717, 1.165) is 6.42 Å². The van der Waals surface area contributed by atoms with Crippen molar-refractivity contribution in [2.24, 2.45) is 0 Å². The summed E-state index contributed by atoms with van der Waals surface area (Å²) >= 11 is 0. The van der Waals surface area contributed by atoms with E-state index >= 15 is 0 Å². The predicted molar refractivity (Wildman–Crippen MR) is 66.1 cm³/mol. The summed E-state index contributed by atoms with van der Waals surface area (Å²) in [6, 6.07) is 8.53. The summed E-state index contributed by atoms with van der Waals surface area (Å²) in [6.07, 6.45) is 8.54. The van der Waals surface area contributed by atoms with E-state index in [1.54, 1.807) is 0 Å². The van der Waals surface area contributed by atoms with Gasteiger partial charge in [0, 0.05) is 26.2 Å². The van der Waals surface area contributed by atoms with Crippen LogP contribution in [0.3, 0.4) is 0 Å². The van der Waals surface area contributed by atoms with Crippen molar-refractivity contribution in [2.75, 3.05) is 0 Å². The number of rotatable bonds is 1. The van der Waals surface area contributed by atoms with Crippen molar-refractivity contribution >= 4 is 30.4 Å². The maximum Gasteiger partial charge on any atom is 0 e. The average Bonchev–Trinajstić information content (AvgIpc) is 2.56. The molecule has 0 aliphatic heterocycles. The Morgan fingerprint density at radius 1 is 1.20 bits per heavy atom. The van der Waals surface area contributed by atoms with Crippen LogP contribution in [0.2, 0.25) is 0 Å². The van der Waals surface area contributed by atoms with Gasteiger partial charge >= 0.3 is 0 Å². The first-order chi connectivity index (χ1) is 5.86. The van der Waals surface area contributed by atoms with Gasteiger partial charge in [0.15, 0.2) is 0 Å². The van der Waals surface area contributed by atoms with E-state index in [4.69, 9.17) is 0 Å². The van der Waals surface area contributed by atoms with E-state index in [-0.39, 0.29) is 51.0 Å². The molecule has 0 radical (unpaired) electrons. The molecule has 2 rings (SSSR count). The van der Waals surface area contributed by atoms with Crippen LogP contribution in [0.4, 0.5) is 0 Å². The molecule has 1 aliphatic carbocycles. The Hall–Kier alpha value is 0.163. The fourth-order valence-corrected chi connectivity index (χ4v) is 1.42. The molecule has 3 heteroatoms. The fourth-order valence-electron chi connectivity index (χ4n) is 1.42. The third-order valence-corrected chi connectivity index (χ3v) is 2.02. The van der Waals surface area contributed by atoms with Crippen LogP contribution in [0.25, 0.3) is 5.57 Å². The van der Waals surface area contributed by atoms with Gasteiger partial charge in [-0.25, -0.2) is 0 Å². The Morgan fingerprint density at radius 2 is 1.93 bits per heavy atom. The van der Waals surface area contributed by atoms with Crippen LogP contribution >= 0.6 is 24.8 Å². The first-order valence-corrected chi connectivity index (χ1v) is 4.21. The normalized spacial score (nSPS) is 11.9. The number of hydrogen-bond donors (Lipinski definition) is 0. The molecule has 0 spiro atoms. The summed E-state index contributed by atoms with van der Waals surface area (Å²) in [6.45, 7) is 2.11. The molecule has 0 amide bonds. The summed E-state index contributed by atoms with van der Waals surface area (Å²) in [5.41, 5.74) is 3.82. The fraction of sp³-hybridized carbons (Fsp3) is 0.167. The van der Waals surface area contributed by atoms with E-state index in [1.165, 1.54) is 16.7 Å². The molecule has 0 atom stereocenters. The van der Waals surface area contributed by atoms with Crippen LogP contribution in [-0.2, 0) is 26.2 Å². The molecule has 1 aromatic carbocycles. The smallest absolute Gasteiger partial charge is 0 e. The molecular formula is C12H13Cl2Zr-. The number of benzene rings is 1. The zero-order valence-electron chi connectivity index (χ0n) is 8.49. The minimum Gasteiger partial charge on any atom is -0.197 e. The first-order valence-electron chi connectivity index (χ1n) is 4.21. The van der Waals surface area contributed by atoms with E-state index < -0.39 is 0 Å². The second-order valence-electron chi connectivity index (χ2n) is 3.07. The zero-order chi connectivity index (χ0) is 8.39. The summed E-state index contributed by atoms with van der Waals surface area (Å²) < 4.78 is 0. The maximum atomic E-state index is 3.31. The largest absolute Gasteiger partial charge is 0.197 e. The standard InChI is InChI=1S/C12H11.2ClH.Zr/c1-10-5-4-8-12(9-10)11-6-2-3-7-11;;;/h2,4-6,8-9H,3H2,1H3;2*1H;/q-1;;;. The summed E-state index contributed by atoms with van der Waals surface area (Å²) in [7, 11) is 0. The third-order valence-electron chi connectivity index (χ3n) is 2.02. The van der Waals surface area contributed by atoms with Crippen molar-refractivity contribution in [3.63, 3.8) is 0 Å². The van der Waals surface area contributed by atoms with Crippen LogP contribution in [0.5, 0.6) is 0 Å². The van der Waals surface area contributed by atoms with Crippen molar-refractivity contribution < 1.29 is 26.2 Å². The summed E-state index contributed by atoms with van der Waals surface area (Å²) in [5, 5.41) is 0. The van der Waals surface area contributed by atoms with Gasteiger partial charge in [-0.1, -0.05) is 24.1 Å². The number of allylic oxidation sites excluding steroid dienone is 4. The molecule has 1 aliphatic rings. The molecule has 0 fully saturated rings. The van der Waals surface area contributed by atoms with Crippen molar-refractivity contribution in [1.29, 1.82) is 0 Å². The molecule has 0 unspecified atom stereocenters. The number of aryl methyl sites for hydroxylation is 1. The number of hydrogen-bond acceptors (Lipinski definition) is 0. The molecule has 80 valence electrons. The Labute approximate surface area is 123 Å². The topological polar surface area (TPSA) is 0 Å². The predicted octanol–water partition coefficient (Wildman–Crippen LogP) is 3.98. The van der Waals surface area contributed by atoms with Crippen molar-refractivity contribution in [3.8, 4) is 0 Å². The van der Waals surface area contributed by atoms with E-state index in [2.05, 4.69) is 49.4 Å². The van der Waals surface area contributed by atoms with Gasteiger partial charge < -0.3 is 0 Å². The second-order valence-corrected chi connectivity index (χ2v) is 3.07. The molecule has 0 N–H and O–H groups in total. The SMILES string of the molecule is Cc1cccc(C2=[C-]CC=C2)c1.Cl.Cl.[Zr]. The molecule has 0 bridgehead atoms. The van der Waals surface area contributed by atoms with Gasteiger partial charge in [-0.05, 0) is 6.92 Å². The van der Waals surface area contributed by atoms with Crippen LogP contribution in [0.1, 0.15) is 17.5 Å². The van der Waals surface area contributed by atoms with Gasteiger partial charge in [-0.3, -0.25) is 0 Å². The van der Waals surface area contributed by atoms with E-state index in [9.17, 15) is 0 Å². The minimum absolute atomic E-state index is 0. The van der Waals surface area contributed by atoms with Crippen LogP contribution in [-0.4, -0.2) is 0 Å². The quantitative estimate of drug-likeness (QED) is 0.687. The monoisotopic (exact) mass is 317 g/mol. The number of halogens is 2. The summed E-state index contributed by atoms with van der Waals surface area (Å²) in [5.74, 6) is 0. The zero-order valence-corrected chi connectivity index (χ0v) is 12.6. The van der Waals surface area contributed by atoms with Crippen molar-refractivity contribution in [1.82, 2.24) is 0 Å². The summed E-state index contributed by atoms with van der Waals surface area (Å²) in [4.78, 5) is 0. The maximum absolute atomic E-state index is 3.31. The van der Waals surface area contributed by atoms with Gasteiger partial charge in [0.25, 0.3) is 0 Å². The second kappa shape index (κ2) is 8.33. The van der Waals surface area contributed by atoms with Crippen molar-refractivity contribution in [2.45, 2.75) is 13.3 Å². The van der Waals surface area contributed by atoms with Gasteiger partial charge in [-0.2, -0.15) is 17.7 Å². The van der Waals surface area contributed by atoms with Gasteiger partial charge in [0.2, 0.25) is 0 Å². The van der Waals surface area contributed by atoms with E-state index in [1.807, 2.05) is 0 Å². The molecule has 1 aromatic rings. The van der Waals surface area contributed by atoms with Crippen LogP contribution < -0.4 is 0 Å². The van der Waals surface area contributed by atoms with E-state index in [0.29, 0.717) is 0 Å². The molecular weight excluding hydrogens is 306 g/mol. The van der Waals surface area contributed by atoms with Gasteiger partial charge in [-0.15, -0.1) is 48.6 Å². The molecule has 0 saturated carbocycles. The van der Waals surface area contributed by atoms with Crippen molar-refractivity contribution in [3.05, 3.63) is 53.6 Å². The Bertz CT molecular complexity index is 356. The molecule has 0 saturated heterocycles. The van der Waals surface area contributed by atoms with Gasteiger partial charge in [0.05, 0.1) is 0 Å². The van der Waals surface area contributed by atoms with Gasteiger partial charge in [0.1, 0.15) is 0 Å². The molecule has 0 aromatic heterocycles. The minimum atomic E-state index is 0. The molecule has 0 nitrogen and oxygen atoms in total. The molecule has 15 heavy (non-hydrogen) atoms. The average molecular weight is 319 g/mol. The Morgan fingerprint density at radius 3 is 2.47 bits per heavy atom. The Balaban J connectivity index is 0.